The van der Waals surface area contributed by atoms with Gasteiger partial charge < -0.3 is 19.9 Å². The number of nitrogens with one attached hydrogen (secondary N) is 1. The van der Waals surface area contributed by atoms with Crippen molar-refractivity contribution in [1.29, 1.82) is 0 Å². The fourth-order valence-corrected chi connectivity index (χ4v) is 2.37. The van der Waals surface area contributed by atoms with Crippen LogP contribution in [0.4, 0.5) is 24.5 Å². The Morgan fingerprint density at radius 2 is 1.68 bits per heavy atom. The molecule has 28 heavy (non-hydrogen) atoms. The second-order valence-electron chi connectivity index (χ2n) is 6.23. The molecule has 0 radical (unpaired) electrons. The molecule has 0 bridgehead atoms. The van der Waals surface area contributed by atoms with Gasteiger partial charge in [-0.3, -0.25) is 9.59 Å². The van der Waals surface area contributed by atoms with Crippen LogP contribution in [0.15, 0.2) is 48.5 Å². The summed E-state index contributed by atoms with van der Waals surface area (Å²) in [4.78, 5) is 27.7. The van der Waals surface area contributed by atoms with Crippen molar-refractivity contribution < 1.29 is 27.5 Å². The van der Waals surface area contributed by atoms with Gasteiger partial charge in [0.25, 0.3) is 5.91 Å². The Labute approximate surface area is 160 Å². The molecule has 9 heteroatoms. The Morgan fingerprint density at radius 1 is 1.04 bits per heavy atom. The summed E-state index contributed by atoms with van der Waals surface area (Å²) in [5.74, 6) is -1.20. The van der Waals surface area contributed by atoms with Crippen LogP contribution in [0, 0.1) is 0 Å². The van der Waals surface area contributed by atoms with Crippen LogP contribution >= 0.6 is 0 Å². The highest BCUT2D eigenvalue weighted by Crippen LogP contribution is 2.24. The third kappa shape index (κ3) is 6.19. The van der Waals surface area contributed by atoms with Crippen molar-refractivity contribution in [2.45, 2.75) is 6.36 Å². The second-order valence-corrected chi connectivity index (χ2v) is 6.23. The average molecular weight is 395 g/mol. The number of ether oxygens (including phenoxy) is 1. The Morgan fingerprint density at radius 3 is 2.25 bits per heavy atom. The van der Waals surface area contributed by atoms with Crippen LogP contribution in [-0.2, 0) is 4.79 Å². The van der Waals surface area contributed by atoms with Gasteiger partial charge >= 0.3 is 6.36 Å². The highest BCUT2D eigenvalue weighted by molar-refractivity contribution is 5.99. The van der Waals surface area contributed by atoms with E-state index in [1.807, 2.05) is 25.1 Å². The molecule has 0 heterocycles. The zero-order chi connectivity index (χ0) is 20.9. The lowest BCUT2D eigenvalue weighted by atomic mass is 10.1. The summed E-state index contributed by atoms with van der Waals surface area (Å²) < 4.78 is 40.2. The molecule has 0 atom stereocenters. The van der Waals surface area contributed by atoms with Gasteiger partial charge in [-0.05, 0) is 42.5 Å². The highest BCUT2D eigenvalue weighted by Gasteiger charge is 2.31. The first-order valence-corrected chi connectivity index (χ1v) is 8.23. The van der Waals surface area contributed by atoms with Gasteiger partial charge in [-0.1, -0.05) is 6.07 Å². The van der Waals surface area contributed by atoms with E-state index in [2.05, 4.69) is 10.1 Å². The summed E-state index contributed by atoms with van der Waals surface area (Å²) in [5, 5.41) is 2.52. The molecule has 0 aliphatic carbocycles. The average Bonchev–Trinajstić information content (AvgIpc) is 2.61. The molecule has 2 aromatic rings. The minimum Gasteiger partial charge on any atom is -0.406 e. The molecule has 0 aliphatic heterocycles. The minimum atomic E-state index is -4.78. The lowest BCUT2D eigenvalue weighted by molar-refractivity contribution is -0.274. The summed E-state index contributed by atoms with van der Waals surface area (Å²) >= 11 is 0. The molecule has 1 N–H and O–H groups in total. The van der Waals surface area contributed by atoms with E-state index in [4.69, 9.17) is 0 Å². The van der Waals surface area contributed by atoms with Crippen molar-refractivity contribution in [3.8, 4) is 5.75 Å². The fraction of sp³-hybridized carbons (Fsp3) is 0.263. The summed E-state index contributed by atoms with van der Waals surface area (Å²) in [6.07, 6.45) is -4.78. The van der Waals surface area contributed by atoms with Crippen LogP contribution in [0.1, 0.15) is 10.4 Å². The molecule has 2 rings (SSSR count). The maximum Gasteiger partial charge on any atom is 0.573 e. The molecule has 0 saturated heterocycles. The molecule has 2 amide bonds. The third-order valence-corrected chi connectivity index (χ3v) is 3.71. The quantitative estimate of drug-likeness (QED) is 0.815. The Hall–Kier alpha value is -3.23. The van der Waals surface area contributed by atoms with E-state index in [1.54, 1.807) is 18.2 Å². The maximum atomic E-state index is 12.5. The predicted molar refractivity (Wildman–Crippen MR) is 99.5 cm³/mol. The Balaban J connectivity index is 1.95. The predicted octanol–water partition coefficient (Wildman–Crippen LogP) is 3.36. The van der Waals surface area contributed by atoms with Gasteiger partial charge in [0.2, 0.25) is 5.91 Å². The minimum absolute atomic E-state index is 0.216. The number of rotatable bonds is 6. The normalized spacial score (nSPS) is 10.9. The van der Waals surface area contributed by atoms with Crippen molar-refractivity contribution in [2.24, 2.45) is 0 Å². The first-order chi connectivity index (χ1) is 13.0. The van der Waals surface area contributed by atoms with E-state index < -0.39 is 18.0 Å². The molecule has 0 saturated carbocycles. The van der Waals surface area contributed by atoms with E-state index in [-0.39, 0.29) is 18.1 Å². The van der Waals surface area contributed by atoms with Gasteiger partial charge in [-0.2, -0.15) is 0 Å². The monoisotopic (exact) mass is 395 g/mol. The molecule has 0 spiro atoms. The van der Waals surface area contributed by atoms with Crippen LogP contribution in [0.3, 0.4) is 0 Å². The van der Waals surface area contributed by atoms with Crippen LogP contribution in [0.2, 0.25) is 0 Å². The number of alkyl halides is 3. The van der Waals surface area contributed by atoms with Gasteiger partial charge in [0, 0.05) is 38.1 Å². The van der Waals surface area contributed by atoms with E-state index in [0.717, 1.165) is 17.8 Å². The number of likely N-dealkylation sites (N-methyl/N-ethyl adjacent to an activating group) is 1. The number of hydrogen-bond donors (Lipinski definition) is 1. The van der Waals surface area contributed by atoms with Gasteiger partial charge in [0.1, 0.15) is 5.75 Å². The summed E-state index contributed by atoms with van der Waals surface area (Å²) in [6.45, 7) is -0.216. The van der Waals surface area contributed by atoms with Crippen LogP contribution in [0.25, 0.3) is 0 Å². The largest absolute Gasteiger partial charge is 0.573 e. The molecule has 0 unspecified atom stereocenters. The van der Waals surface area contributed by atoms with Crippen molar-refractivity contribution in [1.82, 2.24) is 4.90 Å². The number of carbonyl (C=O) groups is 2. The van der Waals surface area contributed by atoms with E-state index in [9.17, 15) is 22.8 Å². The van der Waals surface area contributed by atoms with Gasteiger partial charge in [-0.15, -0.1) is 13.2 Å². The number of carbonyl (C=O) groups excluding carboxylic acids is 2. The van der Waals surface area contributed by atoms with Crippen molar-refractivity contribution in [3.63, 3.8) is 0 Å². The first kappa shape index (κ1) is 21.1. The van der Waals surface area contributed by atoms with Gasteiger partial charge in [0.15, 0.2) is 0 Å². The molecule has 0 fully saturated rings. The lowest BCUT2D eigenvalue weighted by Crippen LogP contribution is -2.35. The number of amides is 2. The smallest absolute Gasteiger partial charge is 0.406 e. The van der Waals surface area contributed by atoms with Crippen LogP contribution in [0.5, 0.6) is 5.75 Å². The number of nitrogens with zero attached hydrogens (tertiary/aromatic N) is 2. The SMILES string of the molecule is CN(CC(=O)Nc1ccc(OC(F)(F)F)cc1)C(=O)c1cccc(N(C)C)c1. The summed E-state index contributed by atoms with van der Waals surface area (Å²) in [7, 11) is 5.20. The molecular weight excluding hydrogens is 375 g/mol. The third-order valence-electron chi connectivity index (χ3n) is 3.71. The van der Waals surface area contributed by atoms with E-state index in [1.165, 1.54) is 24.1 Å². The van der Waals surface area contributed by atoms with Crippen molar-refractivity contribution in [3.05, 3.63) is 54.1 Å². The number of halogens is 3. The lowest BCUT2D eigenvalue weighted by Gasteiger charge is -2.19. The summed E-state index contributed by atoms with van der Waals surface area (Å²) in [6, 6.07) is 11.7. The van der Waals surface area contributed by atoms with Gasteiger partial charge in [-0.25, -0.2) is 0 Å². The molecule has 2 aromatic carbocycles. The van der Waals surface area contributed by atoms with E-state index >= 15 is 0 Å². The standard InChI is InChI=1S/C19H20F3N3O3/c1-24(2)15-6-4-5-13(11-15)18(27)25(3)12-17(26)23-14-7-9-16(10-8-14)28-19(20,21)22/h4-11H,12H2,1-3H3,(H,23,26). The highest BCUT2D eigenvalue weighted by atomic mass is 19.4. The van der Waals surface area contributed by atoms with Crippen molar-refractivity contribution >= 4 is 23.2 Å². The Bertz CT molecular complexity index is 836. The molecule has 150 valence electrons. The second kappa shape index (κ2) is 8.64. The topological polar surface area (TPSA) is 61.9 Å². The first-order valence-electron chi connectivity index (χ1n) is 8.23. The Kier molecular flexibility index (Phi) is 6.50. The fourth-order valence-electron chi connectivity index (χ4n) is 2.37. The number of hydrogen-bond acceptors (Lipinski definition) is 4. The van der Waals surface area contributed by atoms with Gasteiger partial charge in [0.05, 0.1) is 6.54 Å². The maximum absolute atomic E-state index is 12.5. The van der Waals surface area contributed by atoms with E-state index in [0.29, 0.717) is 5.56 Å². The summed E-state index contributed by atoms with van der Waals surface area (Å²) in [5.41, 5.74) is 1.58. The zero-order valence-corrected chi connectivity index (χ0v) is 15.6. The number of anilines is 2. The zero-order valence-electron chi connectivity index (χ0n) is 15.6. The molecular formula is C19H20F3N3O3. The van der Waals surface area contributed by atoms with Crippen LogP contribution < -0.4 is 15.0 Å². The molecule has 6 nitrogen and oxygen atoms in total. The van der Waals surface area contributed by atoms with Crippen LogP contribution in [-0.4, -0.2) is 50.8 Å². The molecule has 0 aromatic heterocycles. The van der Waals surface area contributed by atoms with Crippen molar-refractivity contribution in [2.75, 3.05) is 37.9 Å². The molecule has 0 aliphatic rings. The number of benzene rings is 2.